The molecule has 0 aliphatic rings. The maximum Gasteiger partial charge on any atom is 0.244 e. The molecule has 0 radical (unpaired) electrons. The van der Waals surface area contributed by atoms with Crippen LogP contribution in [-0.2, 0) is 13.1 Å². The van der Waals surface area contributed by atoms with Crippen LogP contribution in [0.3, 0.4) is 0 Å². The monoisotopic (exact) mass is 274 g/mol. The van der Waals surface area contributed by atoms with Crippen LogP contribution in [0, 0.1) is 0 Å². The third-order valence-corrected chi connectivity index (χ3v) is 3.10. The maximum absolute atomic E-state index is 4.21. The van der Waals surface area contributed by atoms with Gasteiger partial charge < -0.3 is 12.4 Å². The van der Waals surface area contributed by atoms with Crippen molar-refractivity contribution < 1.29 is 17.0 Å². The Morgan fingerprint density at radius 1 is 1.11 bits per heavy atom. The minimum absolute atomic E-state index is 0. The Labute approximate surface area is 118 Å². The molecule has 4 nitrogen and oxygen atoms in total. The number of hydrogen-bond donors (Lipinski definition) is 0. The van der Waals surface area contributed by atoms with Crippen LogP contribution in [0.25, 0.3) is 11.0 Å². The van der Waals surface area contributed by atoms with Gasteiger partial charge in [-0.3, -0.25) is 0 Å². The quantitative estimate of drug-likeness (QED) is 0.562. The molecule has 0 aliphatic carbocycles. The Bertz CT molecular complexity index is 678. The number of fused-ring (bicyclic) bond motifs is 1. The van der Waals surface area contributed by atoms with Gasteiger partial charge in [-0.25, -0.2) is 0 Å². The smallest absolute Gasteiger partial charge is 0.244 e. The number of nitrogens with zero attached hydrogens (tertiary/aromatic N) is 4. The number of hydrogen-bond acceptors (Lipinski definition) is 2. The van der Waals surface area contributed by atoms with Crippen LogP contribution in [0.1, 0.15) is 12.6 Å². The van der Waals surface area contributed by atoms with E-state index in [1.807, 2.05) is 35.0 Å². The zero-order valence-corrected chi connectivity index (χ0v) is 11.5. The van der Waals surface area contributed by atoms with Crippen LogP contribution in [0.4, 0.5) is 0 Å². The van der Waals surface area contributed by atoms with Crippen LogP contribution in [0.15, 0.2) is 48.7 Å². The van der Waals surface area contributed by atoms with E-state index in [9.17, 15) is 0 Å². The molecule has 3 rings (SSSR count). The highest BCUT2D eigenvalue weighted by Crippen LogP contribution is 2.08. The number of benzene rings is 1. The number of para-hydroxylation sites is 1. The topological polar surface area (TPSA) is 34.6 Å². The molecule has 0 saturated heterocycles. The SMILES string of the molecule is CCc1cccc[n+]1Cn1nnc2ccccc21.[Cl-]. The molecular weight excluding hydrogens is 260 g/mol. The lowest BCUT2D eigenvalue weighted by Gasteiger charge is -2.02. The fraction of sp³-hybridized carbons (Fsp3) is 0.214. The minimum atomic E-state index is 0. The lowest BCUT2D eigenvalue weighted by atomic mass is 10.3. The molecule has 98 valence electrons. The van der Waals surface area contributed by atoms with Crippen molar-refractivity contribution in [2.45, 2.75) is 20.0 Å². The van der Waals surface area contributed by atoms with Crippen LogP contribution < -0.4 is 17.0 Å². The Kier molecular flexibility index (Phi) is 4.12. The van der Waals surface area contributed by atoms with Crippen molar-refractivity contribution in [2.75, 3.05) is 0 Å². The molecule has 19 heavy (non-hydrogen) atoms. The Hall–Kier alpha value is -1.94. The van der Waals surface area contributed by atoms with E-state index in [2.05, 4.69) is 40.1 Å². The molecule has 0 atom stereocenters. The molecule has 0 spiro atoms. The van der Waals surface area contributed by atoms with Gasteiger partial charge in [0.1, 0.15) is 5.52 Å². The molecule has 1 aromatic carbocycles. The van der Waals surface area contributed by atoms with Gasteiger partial charge in [-0.05, 0) is 12.1 Å². The van der Waals surface area contributed by atoms with E-state index >= 15 is 0 Å². The lowest BCUT2D eigenvalue weighted by molar-refractivity contribution is -0.709. The first-order valence-corrected chi connectivity index (χ1v) is 6.14. The van der Waals surface area contributed by atoms with E-state index in [1.165, 1.54) is 5.69 Å². The van der Waals surface area contributed by atoms with Gasteiger partial charge in [-0.15, -0.1) is 5.10 Å². The second kappa shape index (κ2) is 5.80. The fourth-order valence-electron chi connectivity index (χ4n) is 2.14. The highest BCUT2D eigenvalue weighted by atomic mass is 35.5. The van der Waals surface area contributed by atoms with Gasteiger partial charge in [-0.1, -0.05) is 30.3 Å². The third-order valence-electron chi connectivity index (χ3n) is 3.10. The summed E-state index contributed by atoms with van der Waals surface area (Å²) >= 11 is 0. The average molecular weight is 275 g/mol. The van der Waals surface area contributed by atoms with E-state index in [0.29, 0.717) is 6.67 Å². The molecule has 2 aromatic heterocycles. The first-order chi connectivity index (χ1) is 8.88. The summed E-state index contributed by atoms with van der Waals surface area (Å²) in [5.41, 5.74) is 3.29. The average Bonchev–Trinajstić information content (AvgIpc) is 2.83. The maximum atomic E-state index is 4.21. The van der Waals surface area contributed by atoms with Gasteiger partial charge >= 0.3 is 0 Å². The van der Waals surface area contributed by atoms with Crippen molar-refractivity contribution in [3.8, 4) is 0 Å². The molecule has 0 unspecified atom stereocenters. The molecule has 0 aliphatic heterocycles. The van der Waals surface area contributed by atoms with Crippen molar-refractivity contribution in [1.82, 2.24) is 15.0 Å². The van der Waals surface area contributed by atoms with E-state index < -0.39 is 0 Å². The molecule has 0 saturated carbocycles. The number of aryl methyl sites for hydroxylation is 1. The number of halogens is 1. The second-order valence-corrected chi connectivity index (χ2v) is 4.23. The van der Waals surface area contributed by atoms with Crippen molar-refractivity contribution in [1.29, 1.82) is 0 Å². The summed E-state index contributed by atoms with van der Waals surface area (Å²) < 4.78 is 4.12. The van der Waals surface area contributed by atoms with Crippen LogP contribution in [0.5, 0.6) is 0 Å². The second-order valence-electron chi connectivity index (χ2n) is 4.23. The molecule has 0 amide bonds. The third kappa shape index (κ3) is 2.58. The van der Waals surface area contributed by atoms with E-state index in [1.54, 1.807) is 0 Å². The van der Waals surface area contributed by atoms with Crippen molar-refractivity contribution in [2.24, 2.45) is 0 Å². The first kappa shape index (κ1) is 13.5. The highest BCUT2D eigenvalue weighted by molar-refractivity contribution is 5.73. The summed E-state index contributed by atoms with van der Waals surface area (Å²) in [4.78, 5) is 0. The molecular formula is C14H15ClN4. The number of aromatic nitrogens is 4. The number of pyridine rings is 1. The highest BCUT2D eigenvalue weighted by Gasteiger charge is 2.11. The summed E-state index contributed by atoms with van der Waals surface area (Å²) in [5, 5.41) is 8.38. The zero-order chi connectivity index (χ0) is 12.4. The van der Waals surface area contributed by atoms with Crippen molar-refractivity contribution in [3.63, 3.8) is 0 Å². The molecule has 3 aromatic rings. The zero-order valence-electron chi connectivity index (χ0n) is 10.7. The van der Waals surface area contributed by atoms with Gasteiger partial charge in [0.15, 0.2) is 11.9 Å². The summed E-state index contributed by atoms with van der Waals surface area (Å²) in [6, 6.07) is 14.3. The van der Waals surface area contributed by atoms with Gasteiger partial charge in [0.05, 0.1) is 5.52 Å². The predicted octanol–water partition coefficient (Wildman–Crippen LogP) is -1.21. The summed E-state index contributed by atoms with van der Waals surface area (Å²) in [6.45, 7) is 2.86. The van der Waals surface area contributed by atoms with Crippen LogP contribution in [-0.4, -0.2) is 15.0 Å². The van der Waals surface area contributed by atoms with Crippen molar-refractivity contribution in [3.05, 3.63) is 54.4 Å². The summed E-state index contributed by atoms with van der Waals surface area (Å²) in [7, 11) is 0. The Morgan fingerprint density at radius 2 is 1.89 bits per heavy atom. The van der Waals surface area contributed by atoms with Gasteiger partial charge in [-0.2, -0.15) is 9.25 Å². The fourth-order valence-corrected chi connectivity index (χ4v) is 2.14. The molecule has 0 N–H and O–H groups in total. The molecule has 2 heterocycles. The van der Waals surface area contributed by atoms with E-state index in [4.69, 9.17) is 0 Å². The lowest BCUT2D eigenvalue weighted by Crippen LogP contribution is -3.00. The summed E-state index contributed by atoms with van der Waals surface area (Å²) in [5.74, 6) is 0. The van der Waals surface area contributed by atoms with Crippen LogP contribution in [0.2, 0.25) is 0 Å². The van der Waals surface area contributed by atoms with Gasteiger partial charge in [0, 0.05) is 18.6 Å². The predicted molar refractivity (Wildman–Crippen MR) is 68.9 cm³/mol. The normalized spacial score (nSPS) is 10.4. The summed E-state index contributed by atoms with van der Waals surface area (Å²) in [6.07, 6.45) is 3.09. The standard InChI is InChI=1S/C14H15N4.ClH/c1-2-12-7-5-6-10-17(12)11-18-14-9-4-3-8-13(14)15-16-18;/h3-10H,2,11H2,1H3;1H/q+1;/p-1. The van der Waals surface area contributed by atoms with Gasteiger partial charge in [0.25, 0.3) is 0 Å². The van der Waals surface area contributed by atoms with E-state index in [-0.39, 0.29) is 12.4 Å². The number of rotatable bonds is 3. The minimum Gasteiger partial charge on any atom is -1.00 e. The molecule has 0 bridgehead atoms. The Morgan fingerprint density at radius 3 is 2.74 bits per heavy atom. The Balaban J connectivity index is 0.00000133. The van der Waals surface area contributed by atoms with Crippen molar-refractivity contribution >= 4 is 11.0 Å². The largest absolute Gasteiger partial charge is 1.00 e. The molecule has 0 fully saturated rings. The molecule has 5 heteroatoms. The van der Waals surface area contributed by atoms with Crippen LogP contribution >= 0.6 is 0 Å². The van der Waals surface area contributed by atoms with E-state index in [0.717, 1.165) is 17.5 Å². The first-order valence-electron chi connectivity index (χ1n) is 6.14. The van der Waals surface area contributed by atoms with Gasteiger partial charge in [0.2, 0.25) is 6.67 Å².